The highest BCUT2D eigenvalue weighted by molar-refractivity contribution is 7.41. The summed E-state index contributed by atoms with van der Waals surface area (Å²) >= 11 is 0. The molecule has 2 fully saturated rings. The van der Waals surface area contributed by atoms with Gasteiger partial charge in [0.1, 0.15) is 24.4 Å². The number of hydrogen-bond acceptors (Lipinski definition) is 7. The van der Waals surface area contributed by atoms with Crippen molar-refractivity contribution in [1.82, 2.24) is 0 Å². The van der Waals surface area contributed by atoms with Crippen LogP contribution >= 0.6 is 8.60 Å². The van der Waals surface area contributed by atoms with Crippen LogP contribution in [0.3, 0.4) is 0 Å². The average molecular weight is 880 g/mol. The fourth-order valence-electron chi connectivity index (χ4n) is 10.0. The molecule has 0 aliphatic carbocycles. The fraction of sp³-hybridized carbons (Fsp3) is 0.281. The second-order valence-electron chi connectivity index (χ2n) is 19.8. The number of nitrogens with zero attached hydrogens (tertiary/aromatic N) is 1. The maximum atomic E-state index is 7.94. The van der Waals surface area contributed by atoms with E-state index in [1.807, 2.05) is 27.7 Å². The van der Waals surface area contributed by atoms with Crippen LogP contribution in [0.5, 0.6) is 0 Å². The Bertz CT molecular complexity index is 2810. The quantitative estimate of drug-likeness (QED) is 0.149. The molecule has 65 heavy (non-hydrogen) atoms. The summed E-state index contributed by atoms with van der Waals surface area (Å²) in [6, 6.07) is 59.9. The molecule has 0 saturated carbocycles. The second-order valence-corrected chi connectivity index (χ2v) is 20.8. The Morgan fingerprint density at radius 2 is 0.831 bits per heavy atom. The Morgan fingerprint density at radius 1 is 0.492 bits per heavy atom. The molecule has 0 radical (unpaired) electrons. The summed E-state index contributed by atoms with van der Waals surface area (Å²) < 4.78 is 44.7. The first-order chi connectivity index (χ1) is 31.2. The molecule has 2 saturated heterocycles. The second kappa shape index (κ2) is 15.6. The lowest BCUT2D eigenvalue weighted by atomic mass is 9.71. The van der Waals surface area contributed by atoms with Crippen LogP contribution in [-0.4, -0.2) is 42.1 Å². The maximum absolute atomic E-state index is 7.94. The number of aliphatic imine (C=N–C) groups is 1. The molecular weight excluding hydrogens is 826 g/mol. The Hall–Kier alpha value is -5.50. The SMILES string of the molecule is CC1(C)O[C@@H]2[C@@H](O1)C(c1ccc3ccccc3c1)(c1ccc3ccccc3c1)OP(OC(C)(C)C1=N[C@@H](C(C)(C)C)CO1)OC2(c1ccc2ccccc2c1)c1ccc2ccccc2c1. The molecule has 0 spiro atoms. The van der Waals surface area contributed by atoms with Crippen molar-refractivity contribution < 1.29 is 27.8 Å². The van der Waals surface area contributed by atoms with Gasteiger partial charge in [0.15, 0.2) is 17.0 Å². The summed E-state index contributed by atoms with van der Waals surface area (Å²) in [5.74, 6) is -0.566. The van der Waals surface area contributed by atoms with Crippen molar-refractivity contribution in [3.8, 4) is 0 Å². The van der Waals surface area contributed by atoms with Crippen LogP contribution in [0.15, 0.2) is 175 Å². The van der Waals surface area contributed by atoms with Gasteiger partial charge in [0, 0.05) is 0 Å². The van der Waals surface area contributed by atoms with Crippen molar-refractivity contribution in [3.63, 3.8) is 0 Å². The molecule has 0 aromatic heterocycles. The van der Waals surface area contributed by atoms with E-state index in [0.717, 1.165) is 65.3 Å². The van der Waals surface area contributed by atoms with E-state index in [-0.39, 0.29) is 11.5 Å². The molecule has 3 aliphatic rings. The van der Waals surface area contributed by atoms with Gasteiger partial charge in [-0.3, -0.25) is 13.6 Å². The monoisotopic (exact) mass is 879 g/mol. The zero-order valence-corrected chi connectivity index (χ0v) is 38.8. The predicted octanol–water partition coefficient (Wildman–Crippen LogP) is 13.9. The molecule has 3 heterocycles. The zero-order chi connectivity index (χ0) is 44.8. The van der Waals surface area contributed by atoms with Crippen molar-refractivity contribution in [1.29, 1.82) is 0 Å². The van der Waals surface area contributed by atoms with E-state index in [9.17, 15) is 0 Å². The van der Waals surface area contributed by atoms with Gasteiger partial charge in [0.05, 0.1) is 6.04 Å². The third-order valence-corrected chi connectivity index (χ3v) is 15.0. The average Bonchev–Trinajstić information content (AvgIpc) is 3.93. The van der Waals surface area contributed by atoms with Crippen LogP contribution in [0, 0.1) is 5.41 Å². The zero-order valence-electron chi connectivity index (χ0n) is 37.9. The van der Waals surface area contributed by atoms with E-state index < -0.39 is 43.4 Å². The molecule has 328 valence electrons. The largest absolute Gasteiger partial charge is 0.477 e. The molecule has 0 unspecified atom stereocenters. The van der Waals surface area contributed by atoms with Gasteiger partial charge in [0.25, 0.3) is 0 Å². The lowest BCUT2D eigenvalue weighted by Gasteiger charge is -2.42. The van der Waals surface area contributed by atoms with E-state index in [2.05, 4.69) is 191 Å². The van der Waals surface area contributed by atoms with Crippen molar-refractivity contribution in [2.75, 3.05) is 6.61 Å². The Kier molecular flexibility index (Phi) is 10.1. The number of rotatable bonds is 7. The molecular formula is C57H54NO6P. The molecule has 7 nitrogen and oxygen atoms in total. The van der Waals surface area contributed by atoms with Crippen molar-refractivity contribution >= 4 is 57.6 Å². The van der Waals surface area contributed by atoms with Crippen LogP contribution in [0.25, 0.3) is 43.1 Å². The summed E-state index contributed by atoms with van der Waals surface area (Å²) in [7, 11) is -2.36. The highest BCUT2D eigenvalue weighted by Crippen LogP contribution is 2.66. The van der Waals surface area contributed by atoms with E-state index in [0.29, 0.717) is 12.5 Å². The van der Waals surface area contributed by atoms with Gasteiger partial charge in [0.2, 0.25) is 5.90 Å². The van der Waals surface area contributed by atoms with Gasteiger partial charge in [-0.05, 0) is 123 Å². The Labute approximate surface area is 382 Å². The minimum atomic E-state index is -2.36. The molecule has 8 aromatic carbocycles. The predicted molar refractivity (Wildman–Crippen MR) is 262 cm³/mol. The first kappa shape index (κ1) is 42.2. The molecule has 8 heteroatoms. The Balaban J connectivity index is 1.23. The molecule has 3 aliphatic heterocycles. The minimum absolute atomic E-state index is 0.0453. The number of fused-ring (bicyclic) bond motifs is 5. The molecule has 0 N–H and O–H groups in total. The van der Waals surface area contributed by atoms with Crippen molar-refractivity contribution in [3.05, 3.63) is 192 Å². The summed E-state index contributed by atoms with van der Waals surface area (Å²) in [5, 5.41) is 8.71. The summed E-state index contributed by atoms with van der Waals surface area (Å²) in [5.41, 5.74) is -0.383. The Morgan fingerprint density at radius 3 is 1.15 bits per heavy atom. The van der Waals surface area contributed by atoms with Crippen LogP contribution in [-0.2, 0) is 39.0 Å². The number of hydrogen-bond donors (Lipinski definition) is 0. The van der Waals surface area contributed by atoms with E-state index in [1.54, 1.807) is 0 Å². The van der Waals surface area contributed by atoms with Gasteiger partial charge in [-0.25, -0.2) is 4.99 Å². The van der Waals surface area contributed by atoms with Crippen LogP contribution < -0.4 is 0 Å². The smallest absolute Gasteiger partial charge is 0.336 e. The first-order valence-corrected chi connectivity index (χ1v) is 23.7. The third-order valence-electron chi connectivity index (χ3n) is 13.5. The maximum Gasteiger partial charge on any atom is 0.336 e. The van der Waals surface area contributed by atoms with Gasteiger partial charge >= 0.3 is 8.60 Å². The topological polar surface area (TPSA) is 67.7 Å². The third kappa shape index (κ3) is 7.25. The molecule has 11 rings (SSSR count). The molecule has 0 amide bonds. The van der Waals surface area contributed by atoms with Gasteiger partial charge in [-0.15, -0.1) is 0 Å². The van der Waals surface area contributed by atoms with Crippen LogP contribution in [0.2, 0.25) is 0 Å². The number of ether oxygens (including phenoxy) is 3. The van der Waals surface area contributed by atoms with Crippen LogP contribution in [0.4, 0.5) is 0 Å². The van der Waals surface area contributed by atoms with Gasteiger partial charge in [-0.2, -0.15) is 0 Å². The lowest BCUT2D eigenvalue weighted by Crippen LogP contribution is -2.53. The summed E-state index contributed by atoms with van der Waals surface area (Å²) in [6.45, 7) is 15.0. The minimum Gasteiger partial charge on any atom is -0.477 e. The summed E-state index contributed by atoms with van der Waals surface area (Å²) in [6.07, 6.45) is -1.61. The lowest BCUT2D eigenvalue weighted by molar-refractivity contribution is -0.177. The normalized spacial score (nSPS) is 21.9. The molecule has 3 atom stereocenters. The van der Waals surface area contributed by atoms with Gasteiger partial charge in [-0.1, -0.05) is 166 Å². The molecule has 8 aromatic rings. The standard InChI is InChI=1S/C57H54NO6P/c1-53(2,3)49-36-59-52(58-49)54(4,5)62-65-63-56(45-28-24-37-16-8-12-20-41(37)32-45,46-29-25-38-17-9-13-21-42(38)33-46)50-51(61-55(6,7)60-50)57(64-65,47-30-26-39-18-10-14-22-43(39)34-47)48-31-27-40-19-11-15-23-44(40)35-48/h8-35,49-51H,36H2,1-7H3/t49-,50-,51-/m1/s1. The highest BCUT2D eigenvalue weighted by atomic mass is 31.2. The fourth-order valence-corrected chi connectivity index (χ4v) is 11.7. The van der Waals surface area contributed by atoms with Crippen molar-refractivity contribution in [2.24, 2.45) is 10.4 Å². The van der Waals surface area contributed by atoms with E-state index in [4.69, 9.17) is 32.8 Å². The summed E-state index contributed by atoms with van der Waals surface area (Å²) in [4.78, 5) is 5.16. The highest BCUT2D eigenvalue weighted by Gasteiger charge is 2.68. The van der Waals surface area contributed by atoms with E-state index in [1.165, 1.54) is 0 Å². The first-order valence-electron chi connectivity index (χ1n) is 22.6. The van der Waals surface area contributed by atoms with Gasteiger partial charge < -0.3 is 14.2 Å². The van der Waals surface area contributed by atoms with E-state index >= 15 is 0 Å². The van der Waals surface area contributed by atoms with Crippen LogP contribution in [0.1, 0.15) is 70.7 Å². The number of benzene rings is 8. The van der Waals surface area contributed by atoms with Crippen molar-refractivity contribution in [2.45, 2.75) is 89.3 Å². The molecule has 0 bridgehead atoms.